The van der Waals surface area contributed by atoms with Crippen LogP contribution in [0.3, 0.4) is 0 Å². The molecule has 0 bridgehead atoms. The molecule has 164 valence electrons. The highest BCUT2D eigenvalue weighted by Gasteiger charge is 2.35. The van der Waals surface area contributed by atoms with Crippen LogP contribution in [-0.2, 0) is 11.8 Å². The predicted octanol–water partition coefficient (Wildman–Crippen LogP) is 2.48. The molecule has 1 atom stereocenters. The van der Waals surface area contributed by atoms with Crippen LogP contribution in [0.5, 0.6) is 11.5 Å². The molecule has 1 aromatic heterocycles. The molecule has 1 N–H and O–H groups in total. The molecular formula is C22H27N5O4. The van der Waals surface area contributed by atoms with E-state index < -0.39 is 0 Å². The van der Waals surface area contributed by atoms with Crippen LogP contribution >= 0.6 is 0 Å². The summed E-state index contributed by atoms with van der Waals surface area (Å²) < 4.78 is 12.9. The Hall–Kier alpha value is -3.49. The van der Waals surface area contributed by atoms with Gasteiger partial charge < -0.3 is 24.3 Å². The van der Waals surface area contributed by atoms with E-state index in [0.717, 1.165) is 23.4 Å². The molecular weight excluding hydrogens is 398 g/mol. The van der Waals surface area contributed by atoms with Gasteiger partial charge in [0.1, 0.15) is 6.54 Å². The Morgan fingerprint density at radius 3 is 2.81 bits per heavy atom. The number of rotatable bonds is 6. The van der Waals surface area contributed by atoms with Crippen molar-refractivity contribution in [1.82, 2.24) is 19.8 Å². The van der Waals surface area contributed by atoms with Crippen molar-refractivity contribution in [2.75, 3.05) is 26.9 Å². The summed E-state index contributed by atoms with van der Waals surface area (Å²) in [5.41, 5.74) is 2.68. The summed E-state index contributed by atoms with van der Waals surface area (Å²) in [5, 5.41) is 8.94. The lowest BCUT2D eigenvalue weighted by molar-refractivity contribution is -0.133. The lowest BCUT2D eigenvalue weighted by atomic mass is 10.00. The van der Waals surface area contributed by atoms with E-state index in [1.807, 2.05) is 55.1 Å². The van der Waals surface area contributed by atoms with Gasteiger partial charge in [0.15, 0.2) is 11.5 Å². The van der Waals surface area contributed by atoms with Crippen LogP contribution in [0, 0.1) is 0 Å². The minimum atomic E-state index is -0.293. The van der Waals surface area contributed by atoms with Crippen LogP contribution in [0.1, 0.15) is 37.1 Å². The first-order chi connectivity index (χ1) is 15.0. The molecule has 31 heavy (non-hydrogen) atoms. The van der Waals surface area contributed by atoms with Crippen molar-refractivity contribution in [3.63, 3.8) is 0 Å². The molecule has 0 saturated heterocycles. The zero-order valence-electron chi connectivity index (χ0n) is 18.0. The van der Waals surface area contributed by atoms with Gasteiger partial charge in [0.2, 0.25) is 6.79 Å². The maximum atomic E-state index is 13.2. The van der Waals surface area contributed by atoms with Crippen molar-refractivity contribution in [3.05, 3.63) is 47.8 Å². The van der Waals surface area contributed by atoms with Crippen LogP contribution < -0.4 is 14.8 Å². The van der Waals surface area contributed by atoms with Crippen molar-refractivity contribution in [3.8, 4) is 11.5 Å². The molecule has 0 unspecified atom stereocenters. The van der Waals surface area contributed by atoms with Gasteiger partial charge in [-0.15, -0.1) is 0 Å². The van der Waals surface area contributed by atoms with E-state index in [9.17, 15) is 9.59 Å². The number of aryl methyl sites for hydroxylation is 1. The summed E-state index contributed by atoms with van der Waals surface area (Å²) in [6.45, 7) is 2.66. The molecule has 2 aliphatic rings. The third-order valence-electron chi connectivity index (χ3n) is 5.43. The number of ether oxygens (including phenoxy) is 2. The minimum Gasteiger partial charge on any atom is -0.454 e. The first-order valence-electron chi connectivity index (χ1n) is 10.4. The monoisotopic (exact) mass is 425 g/mol. The van der Waals surface area contributed by atoms with Gasteiger partial charge >= 0.3 is 6.03 Å². The lowest BCUT2D eigenvalue weighted by Crippen LogP contribution is -2.43. The fourth-order valence-electron chi connectivity index (χ4n) is 3.75. The molecule has 0 radical (unpaired) electrons. The van der Waals surface area contributed by atoms with Crippen LogP contribution in [-0.4, -0.2) is 59.1 Å². The topological polar surface area (TPSA) is 88.4 Å². The molecule has 3 amide bonds. The standard InChI is InChI=1S/C22H27N5O4/c1-4-9-23-22(29)26(3)13-21(28)27-18(12-16(24-27)17-6-5-10-25(17)2)15-7-8-19-20(11-15)31-14-30-19/h5-8,10-11,18H,4,9,12-14H2,1-3H3,(H,23,29)/t18-/m0/s1. The second-order valence-corrected chi connectivity index (χ2v) is 7.71. The van der Waals surface area contributed by atoms with E-state index >= 15 is 0 Å². The normalized spacial score (nSPS) is 16.9. The number of amides is 3. The molecule has 9 nitrogen and oxygen atoms in total. The first-order valence-corrected chi connectivity index (χ1v) is 10.4. The molecule has 2 aromatic rings. The van der Waals surface area contributed by atoms with Gasteiger partial charge in [-0.3, -0.25) is 4.79 Å². The van der Waals surface area contributed by atoms with Crippen LogP contribution in [0.4, 0.5) is 4.79 Å². The fourth-order valence-corrected chi connectivity index (χ4v) is 3.75. The SMILES string of the molecule is CCCNC(=O)N(C)CC(=O)N1N=C(c2cccn2C)C[C@H]1c1ccc2c(c1)OCO2. The van der Waals surface area contributed by atoms with E-state index in [-0.39, 0.29) is 31.3 Å². The molecule has 0 saturated carbocycles. The third-order valence-corrected chi connectivity index (χ3v) is 5.43. The number of nitrogens with one attached hydrogen (secondary N) is 1. The van der Waals surface area contributed by atoms with Crippen LogP contribution in [0.25, 0.3) is 0 Å². The Labute approximate surface area is 181 Å². The highest BCUT2D eigenvalue weighted by atomic mass is 16.7. The van der Waals surface area contributed by atoms with Crippen molar-refractivity contribution >= 4 is 17.6 Å². The number of likely N-dealkylation sites (N-methyl/N-ethyl adjacent to an activating group) is 1. The fraction of sp³-hybridized carbons (Fsp3) is 0.409. The average molecular weight is 425 g/mol. The summed E-state index contributed by atoms with van der Waals surface area (Å²) in [5.74, 6) is 1.10. The van der Waals surface area contributed by atoms with Gasteiger partial charge in [-0.2, -0.15) is 5.10 Å². The molecule has 4 rings (SSSR count). The Balaban J connectivity index is 1.59. The summed E-state index contributed by atoms with van der Waals surface area (Å²) in [6, 6.07) is 9.04. The van der Waals surface area contributed by atoms with Gasteiger partial charge in [-0.05, 0) is 36.2 Å². The summed E-state index contributed by atoms with van der Waals surface area (Å²) in [6.07, 6.45) is 3.34. The van der Waals surface area contributed by atoms with Gasteiger partial charge in [0.25, 0.3) is 5.91 Å². The maximum absolute atomic E-state index is 13.2. The highest BCUT2D eigenvalue weighted by Crippen LogP contribution is 2.39. The number of carbonyl (C=O) groups excluding carboxylic acids is 2. The van der Waals surface area contributed by atoms with E-state index in [1.54, 1.807) is 7.05 Å². The average Bonchev–Trinajstić information content (AvgIpc) is 3.49. The summed E-state index contributed by atoms with van der Waals surface area (Å²) in [7, 11) is 3.56. The molecule has 0 aliphatic carbocycles. The molecule has 3 heterocycles. The zero-order valence-corrected chi connectivity index (χ0v) is 18.0. The quantitative estimate of drug-likeness (QED) is 0.770. The molecule has 9 heteroatoms. The van der Waals surface area contributed by atoms with Crippen molar-refractivity contribution < 1.29 is 19.1 Å². The van der Waals surface area contributed by atoms with Gasteiger partial charge in [-0.1, -0.05) is 13.0 Å². The van der Waals surface area contributed by atoms with Crippen LogP contribution in [0.2, 0.25) is 0 Å². The molecule has 0 spiro atoms. The summed E-state index contributed by atoms with van der Waals surface area (Å²) >= 11 is 0. The van der Waals surface area contributed by atoms with Gasteiger partial charge in [0.05, 0.1) is 17.4 Å². The number of hydrogen-bond donors (Lipinski definition) is 1. The number of fused-ring (bicyclic) bond motifs is 1. The van der Waals surface area contributed by atoms with E-state index in [0.29, 0.717) is 24.5 Å². The van der Waals surface area contributed by atoms with Gasteiger partial charge in [0, 0.05) is 33.3 Å². The molecule has 2 aliphatic heterocycles. The maximum Gasteiger partial charge on any atom is 0.317 e. The predicted molar refractivity (Wildman–Crippen MR) is 115 cm³/mol. The van der Waals surface area contributed by atoms with Crippen molar-refractivity contribution in [2.45, 2.75) is 25.8 Å². The number of benzene rings is 1. The second kappa shape index (κ2) is 8.71. The number of carbonyl (C=O) groups is 2. The van der Waals surface area contributed by atoms with E-state index in [2.05, 4.69) is 10.4 Å². The number of nitrogens with zero attached hydrogens (tertiary/aromatic N) is 4. The Morgan fingerprint density at radius 2 is 2.06 bits per heavy atom. The first kappa shape index (κ1) is 20.8. The third kappa shape index (κ3) is 4.21. The number of hydrogen-bond acceptors (Lipinski definition) is 5. The largest absolute Gasteiger partial charge is 0.454 e. The zero-order chi connectivity index (χ0) is 22.0. The second-order valence-electron chi connectivity index (χ2n) is 7.71. The Kier molecular flexibility index (Phi) is 5.83. The van der Waals surface area contributed by atoms with E-state index in [1.165, 1.54) is 9.91 Å². The number of hydrazone groups is 1. The summed E-state index contributed by atoms with van der Waals surface area (Å²) in [4.78, 5) is 26.8. The van der Waals surface area contributed by atoms with Crippen molar-refractivity contribution in [1.29, 1.82) is 0 Å². The minimum absolute atomic E-state index is 0.0689. The van der Waals surface area contributed by atoms with Gasteiger partial charge in [-0.25, -0.2) is 9.80 Å². The smallest absolute Gasteiger partial charge is 0.317 e. The Morgan fingerprint density at radius 1 is 1.26 bits per heavy atom. The highest BCUT2D eigenvalue weighted by molar-refractivity contribution is 6.02. The van der Waals surface area contributed by atoms with Crippen molar-refractivity contribution in [2.24, 2.45) is 12.1 Å². The number of urea groups is 1. The lowest BCUT2D eigenvalue weighted by Gasteiger charge is -2.25. The Bertz CT molecular complexity index is 1020. The molecule has 1 aromatic carbocycles. The van der Waals surface area contributed by atoms with E-state index in [4.69, 9.17) is 9.47 Å². The van der Waals surface area contributed by atoms with Crippen LogP contribution in [0.15, 0.2) is 41.6 Å². The number of aromatic nitrogens is 1. The molecule has 0 fully saturated rings.